The van der Waals surface area contributed by atoms with Gasteiger partial charge in [-0.25, -0.2) is 0 Å². The summed E-state index contributed by atoms with van der Waals surface area (Å²) in [5, 5.41) is 15.8. The number of likely N-dealkylation sites (tertiary alicyclic amines) is 1. The van der Waals surface area contributed by atoms with Crippen LogP contribution in [0.3, 0.4) is 0 Å². The molecule has 0 unspecified atom stereocenters. The zero-order chi connectivity index (χ0) is 24.7. The fourth-order valence-electron chi connectivity index (χ4n) is 4.05. The summed E-state index contributed by atoms with van der Waals surface area (Å²) < 4.78 is 83.7. The number of halogens is 6. The number of aromatic nitrogens is 4. The number of nitrogens with zero attached hydrogens (tertiary/aromatic N) is 5. The lowest BCUT2D eigenvalue weighted by Crippen LogP contribution is -2.42. The van der Waals surface area contributed by atoms with Gasteiger partial charge in [0.15, 0.2) is 0 Å². The molecule has 1 aromatic carbocycles. The van der Waals surface area contributed by atoms with Gasteiger partial charge in [0.1, 0.15) is 11.4 Å². The van der Waals surface area contributed by atoms with Crippen molar-refractivity contribution < 1.29 is 31.1 Å². The normalized spacial score (nSPS) is 17.8. The Hall–Kier alpha value is -3.09. The second-order valence-electron chi connectivity index (χ2n) is 8.09. The second kappa shape index (κ2) is 8.93. The Morgan fingerprint density at radius 3 is 2.56 bits per heavy atom. The van der Waals surface area contributed by atoms with Crippen LogP contribution in [-0.4, -0.2) is 56.7 Å². The number of hydrogen-bond acceptors (Lipinski definition) is 6. The molecule has 0 bridgehead atoms. The molecule has 2 aromatic heterocycles. The van der Waals surface area contributed by atoms with Crippen molar-refractivity contribution in [1.82, 2.24) is 24.7 Å². The van der Waals surface area contributed by atoms with Crippen LogP contribution in [0.4, 0.5) is 32.3 Å². The highest BCUT2D eigenvalue weighted by Crippen LogP contribution is 2.40. The lowest BCUT2D eigenvalue weighted by molar-refractivity contribution is -0.274. The Morgan fingerprint density at radius 2 is 1.88 bits per heavy atom. The van der Waals surface area contributed by atoms with Gasteiger partial charge in [-0.2, -0.15) is 22.8 Å². The first-order valence-corrected chi connectivity index (χ1v) is 10.6. The topological polar surface area (TPSA) is 67.6 Å². The number of fused-ring (bicyclic) bond motifs is 1. The van der Waals surface area contributed by atoms with Crippen molar-refractivity contribution in [3.05, 3.63) is 35.5 Å². The fraction of sp³-hybridized carbons (Fsp3) is 0.476. The van der Waals surface area contributed by atoms with Crippen molar-refractivity contribution in [2.24, 2.45) is 0 Å². The van der Waals surface area contributed by atoms with Gasteiger partial charge in [-0.3, -0.25) is 0 Å². The van der Waals surface area contributed by atoms with Gasteiger partial charge >= 0.3 is 12.5 Å². The first-order chi connectivity index (χ1) is 15.9. The number of aryl methyl sites for hydroxylation is 1. The van der Waals surface area contributed by atoms with Gasteiger partial charge in [-0.15, -0.1) is 23.4 Å². The summed E-state index contributed by atoms with van der Waals surface area (Å²) in [6, 6.07) is 3.51. The zero-order valence-electron chi connectivity index (χ0n) is 18.3. The number of ether oxygens (including phenoxy) is 1. The molecule has 184 valence electrons. The minimum absolute atomic E-state index is 0.0664. The lowest BCUT2D eigenvalue weighted by Gasteiger charge is -2.32. The minimum Gasteiger partial charge on any atom is -0.405 e. The molecule has 1 fully saturated rings. The van der Waals surface area contributed by atoms with E-state index in [1.54, 1.807) is 13.0 Å². The predicted octanol–water partition coefficient (Wildman–Crippen LogP) is 4.91. The number of nitrogens with one attached hydrogen (secondary N) is 1. The maximum Gasteiger partial charge on any atom is 0.573 e. The van der Waals surface area contributed by atoms with Crippen LogP contribution in [0.2, 0.25) is 0 Å². The quantitative estimate of drug-likeness (QED) is 0.515. The van der Waals surface area contributed by atoms with Crippen LogP contribution >= 0.6 is 0 Å². The molecule has 34 heavy (non-hydrogen) atoms. The maximum atomic E-state index is 13.1. The average molecular weight is 488 g/mol. The molecule has 7 nitrogen and oxygen atoms in total. The van der Waals surface area contributed by atoms with Crippen molar-refractivity contribution in [2.75, 3.05) is 25.0 Å². The van der Waals surface area contributed by atoms with Crippen molar-refractivity contribution in [2.45, 2.75) is 45.3 Å². The summed E-state index contributed by atoms with van der Waals surface area (Å²) in [4.78, 5) is 2.28. The van der Waals surface area contributed by atoms with Crippen molar-refractivity contribution in [3.63, 3.8) is 0 Å². The Kier molecular flexibility index (Phi) is 6.32. The number of anilines is 1. The van der Waals surface area contributed by atoms with E-state index in [0.29, 0.717) is 23.8 Å². The molecule has 13 heteroatoms. The van der Waals surface area contributed by atoms with Gasteiger partial charge in [-0.1, -0.05) is 6.92 Å². The number of piperidine rings is 1. The second-order valence-corrected chi connectivity index (χ2v) is 8.09. The number of benzene rings is 1. The van der Waals surface area contributed by atoms with Gasteiger partial charge < -0.3 is 15.0 Å². The Bertz CT molecular complexity index is 1170. The van der Waals surface area contributed by atoms with E-state index in [1.807, 2.05) is 0 Å². The molecule has 1 N–H and O–H groups in total. The first kappa shape index (κ1) is 24.0. The molecule has 0 aliphatic carbocycles. The van der Waals surface area contributed by atoms with Crippen LogP contribution in [0.15, 0.2) is 24.3 Å². The molecule has 4 rings (SSSR count). The Labute approximate surface area is 190 Å². The Morgan fingerprint density at radius 1 is 1.12 bits per heavy atom. The van der Waals surface area contributed by atoms with Gasteiger partial charge in [-0.05, 0) is 57.1 Å². The molecular formula is C21H22F6N6O. The molecule has 0 saturated carbocycles. The Balaban J connectivity index is 1.77. The number of likely N-dealkylation sites (N-methyl/N-ethyl adjacent to an activating group) is 1. The van der Waals surface area contributed by atoms with Gasteiger partial charge in [0.05, 0.1) is 16.8 Å². The third-order valence-corrected chi connectivity index (χ3v) is 5.60. The van der Waals surface area contributed by atoms with E-state index in [1.165, 1.54) is 4.52 Å². The summed E-state index contributed by atoms with van der Waals surface area (Å²) in [7, 11) is 0. The summed E-state index contributed by atoms with van der Waals surface area (Å²) in [5.41, 5.74) is -0.838. The third-order valence-electron chi connectivity index (χ3n) is 5.60. The van der Waals surface area contributed by atoms with Crippen LogP contribution in [-0.2, 0) is 6.18 Å². The lowest BCUT2D eigenvalue weighted by atomic mass is 10.1. The predicted molar refractivity (Wildman–Crippen MR) is 111 cm³/mol. The van der Waals surface area contributed by atoms with Crippen molar-refractivity contribution in [1.29, 1.82) is 0 Å². The highest BCUT2D eigenvalue weighted by atomic mass is 19.4. The molecule has 3 heterocycles. The van der Waals surface area contributed by atoms with E-state index in [0.717, 1.165) is 38.5 Å². The van der Waals surface area contributed by atoms with E-state index in [9.17, 15) is 26.3 Å². The minimum atomic E-state index is -5.20. The standard InChI is InChI=1S/C21H22F6N6O/c1-3-32-8-4-5-14(11-32)28-19-30-29-18(16-9-12(2)31-33(16)19)15-7-6-13(20(22,23)24)10-17(15)34-21(25,26)27/h6-7,9-10,14H,3-5,8,11H2,1-2H3,(H,28,30)/t14-/m1/s1. The van der Waals surface area contributed by atoms with Crippen LogP contribution < -0.4 is 10.1 Å². The summed E-state index contributed by atoms with van der Waals surface area (Å²) in [6.07, 6.45) is -8.17. The van der Waals surface area contributed by atoms with Gasteiger partial charge in [0, 0.05) is 18.2 Å². The molecule has 1 aliphatic rings. The van der Waals surface area contributed by atoms with E-state index >= 15 is 0 Å². The SMILES string of the molecule is CCN1CCC[C@@H](Nc2nnc(-c3ccc(C(F)(F)F)cc3OC(F)(F)F)c3cc(C)nn23)C1. The van der Waals surface area contributed by atoms with E-state index in [2.05, 4.69) is 37.2 Å². The summed E-state index contributed by atoms with van der Waals surface area (Å²) in [6.45, 7) is 6.42. The van der Waals surface area contributed by atoms with Crippen LogP contribution in [0.1, 0.15) is 31.0 Å². The summed E-state index contributed by atoms with van der Waals surface area (Å²) >= 11 is 0. The maximum absolute atomic E-state index is 13.1. The van der Waals surface area contributed by atoms with E-state index in [-0.39, 0.29) is 22.8 Å². The van der Waals surface area contributed by atoms with Crippen LogP contribution in [0, 0.1) is 6.92 Å². The molecule has 1 aliphatic heterocycles. The third kappa shape index (κ3) is 5.18. The van der Waals surface area contributed by atoms with Gasteiger partial charge in [0.25, 0.3) is 0 Å². The monoisotopic (exact) mass is 488 g/mol. The molecular weight excluding hydrogens is 466 g/mol. The summed E-state index contributed by atoms with van der Waals surface area (Å²) in [5.74, 6) is -0.732. The molecule has 0 spiro atoms. The highest BCUT2D eigenvalue weighted by Gasteiger charge is 2.36. The van der Waals surface area contributed by atoms with Crippen LogP contribution in [0.25, 0.3) is 16.8 Å². The van der Waals surface area contributed by atoms with Crippen molar-refractivity contribution in [3.8, 4) is 17.0 Å². The molecule has 1 atom stereocenters. The fourth-order valence-corrected chi connectivity index (χ4v) is 4.05. The van der Waals surface area contributed by atoms with E-state index in [4.69, 9.17) is 0 Å². The number of rotatable bonds is 5. The number of alkyl halides is 6. The smallest absolute Gasteiger partial charge is 0.405 e. The zero-order valence-corrected chi connectivity index (χ0v) is 18.3. The van der Waals surface area contributed by atoms with Gasteiger partial charge in [0.2, 0.25) is 5.95 Å². The average Bonchev–Trinajstić information content (AvgIpc) is 3.14. The number of hydrogen-bond donors (Lipinski definition) is 1. The molecule has 0 radical (unpaired) electrons. The highest BCUT2D eigenvalue weighted by molar-refractivity contribution is 5.81. The largest absolute Gasteiger partial charge is 0.573 e. The van der Waals surface area contributed by atoms with Crippen LogP contribution in [0.5, 0.6) is 5.75 Å². The molecule has 0 amide bonds. The molecule has 3 aromatic rings. The molecule has 1 saturated heterocycles. The first-order valence-electron chi connectivity index (χ1n) is 10.6. The van der Waals surface area contributed by atoms with Crippen molar-refractivity contribution >= 4 is 11.5 Å². The van der Waals surface area contributed by atoms with E-state index < -0.39 is 23.9 Å².